The molecule has 0 aliphatic carbocycles. The zero-order chi connectivity index (χ0) is 19.6. The summed E-state index contributed by atoms with van der Waals surface area (Å²) < 4.78 is 2.02. The van der Waals surface area contributed by atoms with Crippen LogP contribution in [0.5, 0.6) is 0 Å². The number of nitrogens with one attached hydrogen (secondary N) is 1. The Bertz CT molecular complexity index is 924. The molecule has 3 nitrogen and oxygen atoms in total. The van der Waals surface area contributed by atoms with Gasteiger partial charge in [-0.25, -0.2) is 0 Å². The van der Waals surface area contributed by atoms with E-state index in [4.69, 9.17) is 0 Å². The van der Waals surface area contributed by atoms with Crippen molar-refractivity contribution in [2.24, 2.45) is 0 Å². The van der Waals surface area contributed by atoms with Crippen molar-refractivity contribution in [3.8, 4) is 0 Å². The molecule has 3 heteroatoms. The first kappa shape index (κ1) is 19.2. The smallest absolute Gasteiger partial charge is 0.244 e. The Morgan fingerprint density at radius 2 is 1.67 bits per heavy atom. The van der Waals surface area contributed by atoms with Crippen LogP contribution in [0.3, 0.4) is 0 Å². The van der Waals surface area contributed by atoms with Gasteiger partial charge >= 0.3 is 0 Å². The van der Waals surface area contributed by atoms with E-state index in [0.717, 1.165) is 17.6 Å². The van der Waals surface area contributed by atoms with Crippen LogP contribution in [0.15, 0.2) is 48.7 Å². The summed E-state index contributed by atoms with van der Waals surface area (Å²) in [6, 6.07) is 14.9. The molecule has 0 saturated carbocycles. The molecule has 0 aliphatic rings. The minimum absolute atomic E-state index is 0.0158. The predicted molar refractivity (Wildman–Crippen MR) is 115 cm³/mol. The van der Waals surface area contributed by atoms with Gasteiger partial charge in [-0.2, -0.15) is 0 Å². The molecule has 1 amide bonds. The minimum Gasteiger partial charge on any atom is -0.338 e. The number of amides is 1. The third-order valence-electron chi connectivity index (χ3n) is 5.19. The Morgan fingerprint density at radius 1 is 1.00 bits per heavy atom. The number of rotatable bonds is 6. The maximum atomic E-state index is 12.9. The molecule has 0 spiro atoms. The molecule has 0 atom stereocenters. The Morgan fingerprint density at radius 3 is 2.26 bits per heavy atom. The highest BCUT2D eigenvalue weighted by Gasteiger charge is 2.16. The lowest BCUT2D eigenvalue weighted by Crippen LogP contribution is -2.20. The Balaban J connectivity index is 1.86. The molecule has 1 heterocycles. The standard InChI is InChI=1S/C24H30N2O/c1-6-18-10-11-22-19(14-18)12-13-26(22)15-23(27)25-24-20(16(2)3)8-7-9-21(24)17(4)5/h7-14,16-17H,6,15H2,1-5H3,(H,25,27). The number of hydrogen-bond donors (Lipinski definition) is 1. The van der Waals surface area contributed by atoms with Crippen molar-refractivity contribution in [2.45, 2.75) is 59.4 Å². The van der Waals surface area contributed by atoms with Gasteiger partial charge in [0, 0.05) is 17.4 Å². The van der Waals surface area contributed by atoms with Crippen LogP contribution in [0, 0.1) is 0 Å². The second-order valence-electron chi connectivity index (χ2n) is 7.86. The van der Waals surface area contributed by atoms with Crippen molar-refractivity contribution in [2.75, 3.05) is 5.32 Å². The number of aryl methyl sites for hydroxylation is 1. The van der Waals surface area contributed by atoms with E-state index in [1.807, 2.05) is 10.8 Å². The number of para-hydroxylation sites is 1. The van der Waals surface area contributed by atoms with E-state index >= 15 is 0 Å². The van der Waals surface area contributed by atoms with Crippen LogP contribution in [0.25, 0.3) is 10.9 Å². The Hall–Kier alpha value is -2.55. The number of carbonyl (C=O) groups excluding carboxylic acids is 1. The van der Waals surface area contributed by atoms with Gasteiger partial charge in [-0.05, 0) is 58.5 Å². The van der Waals surface area contributed by atoms with Crippen LogP contribution in [0.1, 0.15) is 63.1 Å². The topological polar surface area (TPSA) is 34.0 Å². The number of fused-ring (bicyclic) bond motifs is 1. The molecule has 0 bridgehead atoms. The van der Waals surface area contributed by atoms with Crippen LogP contribution in [0.4, 0.5) is 5.69 Å². The number of nitrogens with zero attached hydrogens (tertiary/aromatic N) is 1. The summed E-state index contributed by atoms with van der Waals surface area (Å²) in [6.07, 6.45) is 3.02. The molecule has 142 valence electrons. The Kier molecular flexibility index (Phi) is 5.69. The molecular weight excluding hydrogens is 332 g/mol. The van der Waals surface area contributed by atoms with Gasteiger partial charge in [-0.15, -0.1) is 0 Å². The molecule has 0 aliphatic heterocycles. The quantitative estimate of drug-likeness (QED) is 0.566. The highest BCUT2D eigenvalue weighted by atomic mass is 16.1. The van der Waals surface area contributed by atoms with E-state index in [-0.39, 0.29) is 5.91 Å². The second-order valence-corrected chi connectivity index (χ2v) is 7.86. The zero-order valence-corrected chi connectivity index (χ0v) is 17.0. The van der Waals surface area contributed by atoms with Gasteiger partial charge in [-0.1, -0.05) is 58.9 Å². The fourth-order valence-electron chi connectivity index (χ4n) is 3.64. The molecule has 3 aromatic rings. The number of anilines is 1. The third-order valence-corrected chi connectivity index (χ3v) is 5.19. The maximum Gasteiger partial charge on any atom is 0.244 e. The van der Waals surface area contributed by atoms with E-state index in [0.29, 0.717) is 18.4 Å². The van der Waals surface area contributed by atoms with E-state index in [2.05, 4.69) is 82.4 Å². The number of hydrogen-bond acceptors (Lipinski definition) is 1. The van der Waals surface area contributed by atoms with Crippen molar-refractivity contribution >= 4 is 22.5 Å². The van der Waals surface area contributed by atoms with Crippen LogP contribution < -0.4 is 5.32 Å². The van der Waals surface area contributed by atoms with Crippen molar-refractivity contribution in [1.82, 2.24) is 4.57 Å². The first-order chi connectivity index (χ1) is 12.9. The van der Waals surface area contributed by atoms with Crippen molar-refractivity contribution in [1.29, 1.82) is 0 Å². The summed E-state index contributed by atoms with van der Waals surface area (Å²) >= 11 is 0. The molecule has 3 rings (SSSR count). The van der Waals surface area contributed by atoms with Crippen LogP contribution in [0.2, 0.25) is 0 Å². The average Bonchev–Trinajstić information content (AvgIpc) is 3.03. The van der Waals surface area contributed by atoms with Gasteiger partial charge in [0.2, 0.25) is 5.91 Å². The lowest BCUT2D eigenvalue weighted by molar-refractivity contribution is -0.116. The summed E-state index contributed by atoms with van der Waals surface area (Å²) in [7, 11) is 0. The molecule has 0 radical (unpaired) electrons. The number of carbonyl (C=O) groups is 1. The van der Waals surface area contributed by atoms with Gasteiger partial charge in [0.15, 0.2) is 0 Å². The summed E-state index contributed by atoms with van der Waals surface area (Å²) in [5.74, 6) is 0.736. The van der Waals surface area contributed by atoms with E-state index in [9.17, 15) is 4.79 Å². The fraction of sp³-hybridized carbons (Fsp3) is 0.375. The van der Waals surface area contributed by atoms with Gasteiger partial charge < -0.3 is 9.88 Å². The largest absolute Gasteiger partial charge is 0.338 e. The molecule has 1 N–H and O–H groups in total. The zero-order valence-electron chi connectivity index (χ0n) is 17.0. The predicted octanol–water partition coefficient (Wildman–Crippen LogP) is 6.09. The van der Waals surface area contributed by atoms with E-state index in [1.54, 1.807) is 0 Å². The molecule has 1 aromatic heterocycles. The molecule has 27 heavy (non-hydrogen) atoms. The van der Waals surface area contributed by atoms with Crippen LogP contribution in [-0.2, 0) is 17.8 Å². The maximum absolute atomic E-state index is 12.9. The molecule has 0 unspecified atom stereocenters. The lowest BCUT2D eigenvalue weighted by atomic mass is 9.92. The number of benzene rings is 2. The van der Waals surface area contributed by atoms with Crippen LogP contribution >= 0.6 is 0 Å². The summed E-state index contributed by atoms with van der Waals surface area (Å²) in [6.45, 7) is 11.1. The average molecular weight is 363 g/mol. The second kappa shape index (κ2) is 7.99. The third kappa shape index (κ3) is 4.08. The van der Waals surface area contributed by atoms with Crippen LogP contribution in [-0.4, -0.2) is 10.5 Å². The first-order valence-electron chi connectivity index (χ1n) is 9.91. The van der Waals surface area contributed by atoms with Gasteiger partial charge in [0.25, 0.3) is 0 Å². The van der Waals surface area contributed by atoms with Gasteiger partial charge in [-0.3, -0.25) is 4.79 Å². The van der Waals surface area contributed by atoms with Gasteiger partial charge in [0.1, 0.15) is 6.54 Å². The SMILES string of the molecule is CCc1ccc2c(ccn2CC(=O)Nc2c(C(C)C)cccc2C(C)C)c1. The highest BCUT2D eigenvalue weighted by molar-refractivity contribution is 5.93. The monoisotopic (exact) mass is 362 g/mol. The van der Waals surface area contributed by atoms with Crippen molar-refractivity contribution in [3.63, 3.8) is 0 Å². The molecular formula is C24H30N2O. The Labute approximate surface area is 162 Å². The van der Waals surface area contributed by atoms with Crippen molar-refractivity contribution in [3.05, 3.63) is 65.4 Å². The molecule has 0 fully saturated rings. The van der Waals surface area contributed by atoms with Gasteiger partial charge in [0.05, 0.1) is 0 Å². The van der Waals surface area contributed by atoms with E-state index < -0.39 is 0 Å². The first-order valence-corrected chi connectivity index (χ1v) is 9.91. The molecule has 0 saturated heterocycles. The summed E-state index contributed by atoms with van der Waals surface area (Å²) in [5, 5.41) is 4.40. The van der Waals surface area contributed by atoms with Crippen molar-refractivity contribution < 1.29 is 4.79 Å². The number of aromatic nitrogens is 1. The minimum atomic E-state index is 0.0158. The van der Waals surface area contributed by atoms with E-state index in [1.165, 1.54) is 22.1 Å². The molecule has 2 aromatic carbocycles. The summed E-state index contributed by atoms with van der Waals surface area (Å²) in [4.78, 5) is 12.9. The normalized spacial score (nSPS) is 11.5. The highest BCUT2D eigenvalue weighted by Crippen LogP contribution is 2.32. The summed E-state index contributed by atoms with van der Waals surface area (Å²) in [5.41, 5.74) is 5.79. The lowest BCUT2D eigenvalue weighted by Gasteiger charge is -2.20. The fourth-order valence-corrected chi connectivity index (χ4v) is 3.64.